The summed E-state index contributed by atoms with van der Waals surface area (Å²) in [7, 11) is 1.34. The van der Waals surface area contributed by atoms with Gasteiger partial charge in [0.2, 0.25) is 0 Å². The number of aromatic amines is 1. The van der Waals surface area contributed by atoms with Crippen LogP contribution in [-0.4, -0.2) is 28.3 Å². The van der Waals surface area contributed by atoms with Gasteiger partial charge >= 0.3 is 5.97 Å². The maximum Gasteiger partial charge on any atom is 0.359 e. The summed E-state index contributed by atoms with van der Waals surface area (Å²) in [6.07, 6.45) is 1.75. The molecule has 0 radical (unpaired) electrons. The van der Waals surface area contributed by atoms with Crippen LogP contribution in [0.1, 0.15) is 10.5 Å². The van der Waals surface area contributed by atoms with E-state index in [0.717, 1.165) is 19.2 Å². The molecule has 1 aromatic carbocycles. The van der Waals surface area contributed by atoms with Crippen LogP contribution in [0.3, 0.4) is 0 Å². The van der Waals surface area contributed by atoms with E-state index in [2.05, 4.69) is 53.7 Å². The Hall–Kier alpha value is -1.48. The van der Waals surface area contributed by atoms with Crippen molar-refractivity contribution < 1.29 is 9.53 Å². The van der Waals surface area contributed by atoms with Crippen LogP contribution < -0.4 is 0 Å². The van der Waals surface area contributed by atoms with Gasteiger partial charge < -0.3 is 4.74 Å². The number of halogens is 2. The van der Waals surface area contributed by atoms with Gasteiger partial charge in [0, 0.05) is 19.8 Å². The predicted octanol–water partition coefficient (Wildman–Crippen LogP) is 3.78. The van der Waals surface area contributed by atoms with Crippen molar-refractivity contribution in [3.05, 3.63) is 44.2 Å². The van der Waals surface area contributed by atoms with Crippen LogP contribution in [0.4, 0.5) is 0 Å². The van der Waals surface area contributed by atoms with Gasteiger partial charge in [-0.2, -0.15) is 5.10 Å². The molecule has 1 N–H and O–H groups in total. The van der Waals surface area contributed by atoms with E-state index >= 15 is 0 Å². The fourth-order valence-electron chi connectivity index (χ4n) is 2.14. The highest BCUT2D eigenvalue weighted by molar-refractivity contribution is 14.1. The van der Waals surface area contributed by atoms with Crippen molar-refractivity contribution in [2.75, 3.05) is 7.11 Å². The molecular weight excluding hydrogens is 449 g/mol. The van der Waals surface area contributed by atoms with Crippen molar-refractivity contribution in [1.29, 1.82) is 0 Å². The number of carbonyl (C=O) groups excluding carboxylic acids is 1. The van der Waals surface area contributed by atoms with Gasteiger partial charge in [0.15, 0.2) is 11.3 Å². The summed E-state index contributed by atoms with van der Waals surface area (Å²) < 4.78 is 6.69. The van der Waals surface area contributed by atoms with Crippen molar-refractivity contribution in [3.63, 3.8) is 0 Å². The summed E-state index contributed by atoms with van der Waals surface area (Å²) in [5.41, 5.74) is 2.70. The Morgan fingerprint density at radius 3 is 2.95 bits per heavy atom. The largest absolute Gasteiger partial charge is 0.464 e. The molecule has 0 unspecified atom stereocenters. The summed E-state index contributed by atoms with van der Waals surface area (Å²) in [5, 5.41) is 7.49. The zero-order valence-electron chi connectivity index (χ0n) is 10.9. The SMILES string of the molecule is COC(=O)c1n[nH]c2ncc(I)c(-c3cccc(Br)c3)c12. The highest BCUT2D eigenvalue weighted by Crippen LogP contribution is 2.34. The van der Waals surface area contributed by atoms with Crippen molar-refractivity contribution in [1.82, 2.24) is 15.2 Å². The topological polar surface area (TPSA) is 67.9 Å². The molecule has 3 rings (SSSR count). The van der Waals surface area contributed by atoms with Crippen LogP contribution in [0.5, 0.6) is 0 Å². The zero-order chi connectivity index (χ0) is 15.0. The number of ether oxygens (including phenoxy) is 1. The van der Waals surface area contributed by atoms with E-state index in [1.807, 2.05) is 24.3 Å². The Morgan fingerprint density at radius 1 is 1.43 bits per heavy atom. The molecule has 0 atom stereocenters. The molecule has 0 amide bonds. The molecule has 2 aromatic heterocycles. The third kappa shape index (κ3) is 2.55. The van der Waals surface area contributed by atoms with E-state index in [4.69, 9.17) is 4.74 Å². The predicted molar refractivity (Wildman–Crippen MR) is 91.1 cm³/mol. The molecule has 2 heterocycles. The summed E-state index contributed by atoms with van der Waals surface area (Å²) in [4.78, 5) is 16.2. The molecule has 0 spiro atoms. The van der Waals surface area contributed by atoms with E-state index < -0.39 is 5.97 Å². The number of pyridine rings is 1. The van der Waals surface area contributed by atoms with Gasteiger partial charge in [-0.25, -0.2) is 9.78 Å². The zero-order valence-corrected chi connectivity index (χ0v) is 14.6. The van der Waals surface area contributed by atoms with E-state index in [9.17, 15) is 4.79 Å². The molecule has 106 valence electrons. The van der Waals surface area contributed by atoms with Crippen LogP contribution in [0.2, 0.25) is 0 Å². The van der Waals surface area contributed by atoms with E-state index in [1.54, 1.807) is 6.20 Å². The van der Waals surface area contributed by atoms with Gasteiger partial charge in [0.25, 0.3) is 0 Å². The van der Waals surface area contributed by atoms with Crippen molar-refractivity contribution in [2.45, 2.75) is 0 Å². The quantitative estimate of drug-likeness (QED) is 0.469. The maximum atomic E-state index is 11.9. The molecule has 0 saturated heterocycles. The van der Waals surface area contributed by atoms with Crippen molar-refractivity contribution in [3.8, 4) is 11.1 Å². The first kappa shape index (κ1) is 14.5. The Kier molecular flexibility index (Phi) is 3.94. The minimum Gasteiger partial charge on any atom is -0.464 e. The van der Waals surface area contributed by atoms with Crippen LogP contribution in [0.15, 0.2) is 34.9 Å². The van der Waals surface area contributed by atoms with Crippen LogP contribution in [0, 0.1) is 3.57 Å². The van der Waals surface area contributed by atoms with E-state index in [1.165, 1.54) is 7.11 Å². The number of hydrogen-bond donors (Lipinski definition) is 1. The second kappa shape index (κ2) is 5.72. The van der Waals surface area contributed by atoms with Crippen molar-refractivity contribution >= 4 is 55.5 Å². The maximum absolute atomic E-state index is 11.9. The molecular formula is C14H9BrIN3O2. The van der Waals surface area contributed by atoms with Crippen LogP contribution in [-0.2, 0) is 4.74 Å². The summed E-state index contributed by atoms with van der Waals surface area (Å²) in [6.45, 7) is 0. The fourth-order valence-corrected chi connectivity index (χ4v) is 3.26. The Bertz CT molecular complexity index is 847. The minimum atomic E-state index is -0.485. The van der Waals surface area contributed by atoms with Gasteiger partial charge in [-0.1, -0.05) is 28.1 Å². The average Bonchev–Trinajstić information content (AvgIpc) is 2.90. The second-order valence-electron chi connectivity index (χ2n) is 4.28. The minimum absolute atomic E-state index is 0.244. The lowest BCUT2D eigenvalue weighted by Gasteiger charge is -2.07. The number of benzene rings is 1. The number of H-pyrrole nitrogens is 1. The molecule has 0 aliphatic rings. The summed E-state index contributed by atoms with van der Waals surface area (Å²) >= 11 is 5.67. The van der Waals surface area contributed by atoms with Crippen LogP contribution in [0.25, 0.3) is 22.2 Å². The number of esters is 1. The molecule has 5 nitrogen and oxygen atoms in total. The highest BCUT2D eigenvalue weighted by Gasteiger charge is 2.21. The second-order valence-corrected chi connectivity index (χ2v) is 6.36. The number of rotatable bonds is 2. The Labute approximate surface area is 142 Å². The molecule has 0 aliphatic carbocycles. The number of nitrogens with one attached hydrogen (secondary N) is 1. The van der Waals surface area contributed by atoms with Gasteiger partial charge in [-0.05, 0) is 40.3 Å². The molecule has 3 aromatic rings. The fraction of sp³-hybridized carbons (Fsp3) is 0.0714. The molecule has 21 heavy (non-hydrogen) atoms. The number of methoxy groups -OCH3 is 1. The third-order valence-corrected chi connectivity index (χ3v) is 4.35. The third-order valence-electron chi connectivity index (χ3n) is 3.04. The Morgan fingerprint density at radius 2 is 2.24 bits per heavy atom. The number of carbonyl (C=O) groups is 1. The first-order valence-corrected chi connectivity index (χ1v) is 7.86. The highest BCUT2D eigenvalue weighted by atomic mass is 127. The molecule has 7 heteroatoms. The smallest absolute Gasteiger partial charge is 0.359 e. The normalized spacial score (nSPS) is 10.8. The van der Waals surface area contributed by atoms with Gasteiger partial charge in [0.1, 0.15) is 0 Å². The lowest BCUT2D eigenvalue weighted by Crippen LogP contribution is -2.03. The van der Waals surface area contributed by atoms with E-state index in [0.29, 0.717) is 11.0 Å². The summed E-state index contributed by atoms with van der Waals surface area (Å²) in [6, 6.07) is 7.87. The number of nitrogens with zero attached hydrogens (tertiary/aromatic N) is 2. The molecule has 0 saturated carbocycles. The molecule has 0 bridgehead atoms. The Balaban J connectivity index is 2.37. The number of hydrogen-bond acceptors (Lipinski definition) is 4. The average molecular weight is 458 g/mol. The first-order valence-electron chi connectivity index (χ1n) is 5.98. The van der Waals surface area contributed by atoms with E-state index in [-0.39, 0.29) is 5.69 Å². The molecule has 0 fully saturated rings. The van der Waals surface area contributed by atoms with Crippen molar-refractivity contribution in [2.24, 2.45) is 0 Å². The van der Waals surface area contributed by atoms with Gasteiger partial charge in [-0.15, -0.1) is 0 Å². The van der Waals surface area contributed by atoms with Gasteiger partial charge in [0.05, 0.1) is 12.5 Å². The molecule has 0 aliphatic heterocycles. The monoisotopic (exact) mass is 457 g/mol. The number of aromatic nitrogens is 3. The number of fused-ring (bicyclic) bond motifs is 1. The van der Waals surface area contributed by atoms with Crippen LogP contribution >= 0.6 is 38.5 Å². The summed E-state index contributed by atoms with van der Waals surface area (Å²) in [5.74, 6) is -0.485. The lowest BCUT2D eigenvalue weighted by molar-refractivity contribution is 0.0596. The lowest BCUT2D eigenvalue weighted by atomic mass is 10.0. The van der Waals surface area contributed by atoms with Gasteiger partial charge in [-0.3, -0.25) is 5.10 Å². The first-order chi connectivity index (χ1) is 10.1. The standard InChI is InChI=1S/C14H9BrIN3O2/c1-21-14(20)12-11-10(7-3-2-4-8(15)5-7)9(16)6-17-13(11)19-18-12/h2-6H,1H3,(H,17,18,19).